The highest BCUT2D eigenvalue weighted by Crippen LogP contribution is 1.96. The summed E-state index contributed by atoms with van der Waals surface area (Å²) in [6.45, 7) is 4.69. The van der Waals surface area contributed by atoms with E-state index in [1.165, 1.54) is 5.57 Å². The average Bonchev–Trinajstić information content (AvgIpc) is 2.03. The summed E-state index contributed by atoms with van der Waals surface area (Å²) in [7, 11) is 1.70. The Kier molecular flexibility index (Phi) is 6.75. The van der Waals surface area contributed by atoms with Gasteiger partial charge in [-0.15, -0.1) is 0 Å². The first-order valence-corrected chi connectivity index (χ1v) is 3.78. The van der Waals surface area contributed by atoms with Gasteiger partial charge in [0.2, 0.25) is 0 Å². The first kappa shape index (κ1) is 10.2. The van der Waals surface area contributed by atoms with Gasteiger partial charge in [0.25, 0.3) is 0 Å². The van der Waals surface area contributed by atoms with Crippen molar-refractivity contribution < 1.29 is 4.74 Å². The fourth-order valence-corrected chi connectivity index (χ4v) is 0.685. The van der Waals surface area contributed by atoms with Gasteiger partial charge in [-0.25, -0.2) is 0 Å². The van der Waals surface area contributed by atoms with Gasteiger partial charge >= 0.3 is 0 Å². The molecule has 0 N–H and O–H groups in total. The van der Waals surface area contributed by atoms with Crippen LogP contribution in [0.15, 0.2) is 36.0 Å². The van der Waals surface area contributed by atoms with Gasteiger partial charge in [-0.3, -0.25) is 0 Å². The number of hydrogen-bond donors (Lipinski definition) is 0. The Morgan fingerprint density at radius 1 is 1.27 bits per heavy atom. The third-order valence-electron chi connectivity index (χ3n) is 1.30. The third kappa shape index (κ3) is 5.62. The molecule has 11 heavy (non-hydrogen) atoms. The first-order valence-electron chi connectivity index (χ1n) is 3.78. The summed E-state index contributed by atoms with van der Waals surface area (Å²) in [5, 5.41) is 0. The molecule has 0 unspecified atom stereocenters. The monoisotopic (exact) mass is 152 g/mol. The molecule has 62 valence electrons. The van der Waals surface area contributed by atoms with Gasteiger partial charge in [-0.1, -0.05) is 30.4 Å². The zero-order chi connectivity index (χ0) is 8.53. The molecule has 0 heterocycles. The largest absolute Gasteiger partial charge is 0.380 e. The zero-order valence-corrected chi connectivity index (χ0v) is 7.50. The van der Waals surface area contributed by atoms with Crippen LogP contribution in [0.2, 0.25) is 0 Å². The minimum atomic E-state index is 0.685. The predicted molar refractivity (Wildman–Crippen MR) is 49.6 cm³/mol. The summed E-state index contributed by atoms with van der Waals surface area (Å²) in [6.07, 6.45) is 10.1. The van der Waals surface area contributed by atoms with Crippen LogP contribution in [-0.2, 0) is 4.74 Å². The first-order chi connectivity index (χ1) is 5.35. The van der Waals surface area contributed by atoms with Crippen LogP contribution in [0.5, 0.6) is 0 Å². The summed E-state index contributed by atoms with van der Waals surface area (Å²) in [6, 6.07) is 0. The van der Waals surface area contributed by atoms with Gasteiger partial charge < -0.3 is 4.74 Å². The van der Waals surface area contributed by atoms with Gasteiger partial charge in [0, 0.05) is 7.11 Å². The van der Waals surface area contributed by atoms with Gasteiger partial charge in [0.05, 0.1) is 6.61 Å². The molecule has 0 rings (SSSR count). The molecule has 0 aliphatic rings. The number of methoxy groups -OCH3 is 1. The molecule has 1 heteroatoms. The minimum absolute atomic E-state index is 0.685. The van der Waals surface area contributed by atoms with Crippen molar-refractivity contribution >= 4 is 0 Å². The molecule has 0 saturated carbocycles. The minimum Gasteiger partial charge on any atom is -0.380 e. The van der Waals surface area contributed by atoms with Gasteiger partial charge in [0.15, 0.2) is 0 Å². The van der Waals surface area contributed by atoms with Crippen LogP contribution in [-0.4, -0.2) is 13.7 Å². The second-order valence-electron chi connectivity index (χ2n) is 2.18. The number of allylic oxidation sites excluding steroid dienone is 4. The highest BCUT2D eigenvalue weighted by Gasteiger charge is 1.85. The van der Waals surface area contributed by atoms with E-state index in [0.717, 1.165) is 0 Å². The van der Waals surface area contributed by atoms with E-state index in [-0.39, 0.29) is 0 Å². The van der Waals surface area contributed by atoms with E-state index < -0.39 is 0 Å². The fraction of sp³-hybridized carbons (Fsp3) is 0.400. The molecule has 0 amide bonds. The maximum absolute atomic E-state index is 4.98. The highest BCUT2D eigenvalue weighted by molar-refractivity contribution is 5.21. The van der Waals surface area contributed by atoms with Crippen molar-refractivity contribution in [2.45, 2.75) is 13.8 Å². The fourth-order valence-electron chi connectivity index (χ4n) is 0.685. The molecule has 0 aromatic rings. The zero-order valence-electron chi connectivity index (χ0n) is 7.50. The van der Waals surface area contributed by atoms with E-state index in [2.05, 4.69) is 0 Å². The second-order valence-corrected chi connectivity index (χ2v) is 2.18. The lowest BCUT2D eigenvalue weighted by molar-refractivity contribution is 0.228. The van der Waals surface area contributed by atoms with Crippen LogP contribution < -0.4 is 0 Å². The maximum Gasteiger partial charge on any atom is 0.0709 e. The average molecular weight is 152 g/mol. The van der Waals surface area contributed by atoms with Crippen LogP contribution in [0.25, 0.3) is 0 Å². The summed E-state index contributed by atoms with van der Waals surface area (Å²) in [5.41, 5.74) is 1.20. The Balaban J connectivity index is 3.88. The Labute approximate surface area is 69.1 Å². The van der Waals surface area contributed by atoms with Crippen molar-refractivity contribution in [1.29, 1.82) is 0 Å². The molecule has 0 atom stereocenters. The summed E-state index contributed by atoms with van der Waals surface area (Å²) >= 11 is 0. The highest BCUT2D eigenvalue weighted by atomic mass is 16.5. The van der Waals surface area contributed by atoms with E-state index in [4.69, 9.17) is 4.74 Å². The standard InChI is InChI=1S/C10H16O/c1-4-6-7-8-10(5-2)9-11-3/h4-8H,9H2,1-3H3/b6-4-,8-7-,10-5+. The lowest BCUT2D eigenvalue weighted by atomic mass is 10.2. The topological polar surface area (TPSA) is 9.23 Å². The third-order valence-corrected chi connectivity index (χ3v) is 1.30. The van der Waals surface area contributed by atoms with Crippen molar-refractivity contribution in [3.05, 3.63) is 36.0 Å². The van der Waals surface area contributed by atoms with E-state index in [9.17, 15) is 0 Å². The Bertz CT molecular complexity index is 164. The number of rotatable bonds is 4. The molecule has 0 radical (unpaired) electrons. The van der Waals surface area contributed by atoms with Crippen molar-refractivity contribution in [2.24, 2.45) is 0 Å². The molecule has 0 aromatic heterocycles. The molecule has 0 aliphatic carbocycles. The quantitative estimate of drug-likeness (QED) is 0.563. The molecule has 0 bridgehead atoms. The Morgan fingerprint density at radius 2 is 2.00 bits per heavy atom. The van der Waals surface area contributed by atoms with Gasteiger partial charge in [0.1, 0.15) is 0 Å². The number of hydrogen-bond acceptors (Lipinski definition) is 1. The molecule has 0 saturated heterocycles. The molecule has 0 aliphatic heterocycles. The van der Waals surface area contributed by atoms with Crippen molar-refractivity contribution in [3.8, 4) is 0 Å². The molecule has 1 nitrogen and oxygen atoms in total. The van der Waals surface area contributed by atoms with E-state index in [1.54, 1.807) is 7.11 Å². The summed E-state index contributed by atoms with van der Waals surface area (Å²) in [5.74, 6) is 0. The van der Waals surface area contributed by atoms with E-state index >= 15 is 0 Å². The van der Waals surface area contributed by atoms with Crippen LogP contribution in [0, 0.1) is 0 Å². The van der Waals surface area contributed by atoms with E-state index in [0.29, 0.717) is 6.61 Å². The van der Waals surface area contributed by atoms with Crippen molar-refractivity contribution in [2.75, 3.05) is 13.7 Å². The van der Waals surface area contributed by atoms with Crippen LogP contribution in [0.3, 0.4) is 0 Å². The molecule has 0 aromatic carbocycles. The SMILES string of the molecule is C\C=C/C=C\C(=C/C)COC. The van der Waals surface area contributed by atoms with E-state index in [1.807, 2.05) is 44.2 Å². The van der Waals surface area contributed by atoms with Crippen molar-refractivity contribution in [3.63, 3.8) is 0 Å². The summed E-state index contributed by atoms with van der Waals surface area (Å²) in [4.78, 5) is 0. The number of ether oxygens (including phenoxy) is 1. The summed E-state index contributed by atoms with van der Waals surface area (Å²) < 4.78 is 4.98. The Morgan fingerprint density at radius 3 is 2.45 bits per heavy atom. The maximum atomic E-state index is 4.98. The molecule has 0 spiro atoms. The van der Waals surface area contributed by atoms with Crippen molar-refractivity contribution in [1.82, 2.24) is 0 Å². The molecular weight excluding hydrogens is 136 g/mol. The molecular formula is C10H16O. The van der Waals surface area contributed by atoms with Crippen LogP contribution in [0.4, 0.5) is 0 Å². The van der Waals surface area contributed by atoms with Gasteiger partial charge in [-0.2, -0.15) is 0 Å². The Hall–Kier alpha value is -0.820. The lowest BCUT2D eigenvalue weighted by Gasteiger charge is -1.96. The normalized spacial score (nSPS) is 13.5. The smallest absolute Gasteiger partial charge is 0.0709 e. The lowest BCUT2D eigenvalue weighted by Crippen LogP contribution is -1.89. The van der Waals surface area contributed by atoms with Gasteiger partial charge in [-0.05, 0) is 19.4 Å². The van der Waals surface area contributed by atoms with Crippen LogP contribution in [0.1, 0.15) is 13.8 Å². The predicted octanol–water partition coefficient (Wildman–Crippen LogP) is 2.71. The van der Waals surface area contributed by atoms with Crippen LogP contribution >= 0.6 is 0 Å². The second kappa shape index (κ2) is 7.29. The molecule has 0 fully saturated rings.